The molecule has 0 unspecified atom stereocenters. The number of carboxylic acids is 4. The van der Waals surface area contributed by atoms with Gasteiger partial charge in [-0.1, -0.05) is 178 Å². The first kappa shape index (κ1) is 139. The number of carbonyl (C=O) groups is 16. The fourth-order valence-electron chi connectivity index (χ4n) is 14.9. The summed E-state index contributed by atoms with van der Waals surface area (Å²) < 4.78 is 87.1. The number of carbonyl (C=O) groups excluding carboxylic acids is 12. The van der Waals surface area contributed by atoms with Crippen LogP contribution in [0.5, 0.6) is 0 Å². The highest BCUT2D eigenvalue weighted by atomic mass is 16.6. The quantitative estimate of drug-likeness (QED) is 0.0271. The van der Waals surface area contributed by atoms with Crippen LogP contribution in [0.15, 0.2) is 24.3 Å². The van der Waals surface area contributed by atoms with E-state index in [0.717, 1.165) is 114 Å². The van der Waals surface area contributed by atoms with Crippen LogP contribution in [0.2, 0.25) is 0 Å². The largest absolute Gasteiger partial charge is 0.481 e. The fourth-order valence-corrected chi connectivity index (χ4v) is 14.9. The molecule has 42 heteroatoms. The molecule has 0 saturated heterocycles. The Labute approximate surface area is 888 Å². The lowest BCUT2D eigenvalue weighted by Gasteiger charge is -2.14. The van der Waals surface area contributed by atoms with E-state index in [1.54, 1.807) is 0 Å². The van der Waals surface area contributed by atoms with Crippen molar-refractivity contribution >= 4 is 94.0 Å². The minimum atomic E-state index is -1.20. The molecule has 42 nitrogen and oxygen atoms in total. The number of benzene rings is 1. The van der Waals surface area contributed by atoms with Crippen LogP contribution in [0, 0.1) is 0 Å². The van der Waals surface area contributed by atoms with Crippen molar-refractivity contribution in [3.8, 4) is 0 Å². The van der Waals surface area contributed by atoms with Gasteiger partial charge in [-0.15, -0.1) is 0 Å². The number of aryl methyl sites for hydroxylation is 2. The molecule has 6 amide bonds. The molecule has 0 aliphatic rings. The summed E-state index contributed by atoms with van der Waals surface area (Å²) in [5, 5.41) is 52.4. The molecule has 150 heavy (non-hydrogen) atoms. The highest BCUT2D eigenvalue weighted by Gasteiger charge is 2.24. The highest BCUT2D eigenvalue weighted by molar-refractivity contribution is 5.86. The maximum absolute atomic E-state index is 12.5. The van der Waals surface area contributed by atoms with Gasteiger partial charge in [0.2, 0.25) is 35.4 Å². The third-order valence-corrected chi connectivity index (χ3v) is 23.4. The van der Waals surface area contributed by atoms with Crippen molar-refractivity contribution in [3.63, 3.8) is 0 Å². The van der Waals surface area contributed by atoms with Gasteiger partial charge in [0.1, 0.15) is 70.7 Å². The molecule has 0 radical (unpaired) electrons. The van der Waals surface area contributed by atoms with Gasteiger partial charge in [0.25, 0.3) is 0 Å². The SMILES string of the molecule is O=C(O)CCCCCCCCCCCCCCCCC(=O)N[C@@H](CCC(=O)CCCOCCOCC(=O)NCCOCCOCC(=O)CCCOCCOCC(=O)NCCOCCOCC(=O)CCc1ccc(CCC(=O)COCCOCCCC(=O)COCCOCCNC(=O)COCCOCCCC(=O)COCCOCCNC(=O)CC[C@H](NC(=O)CCCCCCCCCCCCCCCCC(=O)O)C(=O)O)cc1)C(=O)O. The predicted molar refractivity (Wildman–Crippen MR) is 556 cm³/mol. The zero-order chi connectivity index (χ0) is 109. The van der Waals surface area contributed by atoms with Crippen molar-refractivity contribution in [1.29, 1.82) is 0 Å². The highest BCUT2D eigenvalue weighted by Crippen LogP contribution is 2.19. The van der Waals surface area contributed by atoms with Crippen molar-refractivity contribution in [1.82, 2.24) is 31.9 Å². The molecule has 0 heterocycles. The molecule has 0 aliphatic carbocycles. The molecule has 10 N–H and O–H groups in total. The van der Waals surface area contributed by atoms with E-state index in [1.165, 1.54) is 64.2 Å². The van der Waals surface area contributed by atoms with Crippen LogP contribution in [0.25, 0.3) is 0 Å². The number of rotatable bonds is 118. The Bertz CT molecular complexity index is 3430. The molecule has 2 atom stereocenters. The molecule has 0 spiro atoms. The van der Waals surface area contributed by atoms with Gasteiger partial charge in [0, 0.05) is 130 Å². The Morgan fingerprint density at radius 3 is 0.647 bits per heavy atom. The van der Waals surface area contributed by atoms with E-state index in [-0.39, 0.29) is 365 Å². The van der Waals surface area contributed by atoms with E-state index in [1.807, 2.05) is 24.3 Å². The fraction of sp³-hybridized carbons (Fsp3) is 0.796. The van der Waals surface area contributed by atoms with Crippen LogP contribution < -0.4 is 31.9 Å². The average molecular weight is 2140 g/mol. The summed E-state index contributed by atoms with van der Waals surface area (Å²) in [5.41, 5.74) is 1.96. The Morgan fingerprint density at radius 2 is 0.393 bits per heavy atom. The van der Waals surface area contributed by atoms with Gasteiger partial charge < -0.3 is 128 Å². The van der Waals surface area contributed by atoms with E-state index >= 15 is 0 Å². The third kappa shape index (κ3) is 99.9. The maximum Gasteiger partial charge on any atom is 0.326 e. The van der Waals surface area contributed by atoms with E-state index < -0.39 is 36.0 Å². The Kier molecular flexibility index (Phi) is 97.2. The van der Waals surface area contributed by atoms with Crippen molar-refractivity contribution in [2.24, 2.45) is 0 Å². The topological polar surface area (TPSA) is 574 Å². The van der Waals surface area contributed by atoms with E-state index in [4.69, 9.17) is 86.0 Å². The summed E-state index contributed by atoms with van der Waals surface area (Å²) in [6, 6.07) is 5.46. The van der Waals surface area contributed by atoms with Crippen LogP contribution in [0.1, 0.15) is 306 Å². The van der Waals surface area contributed by atoms with Gasteiger partial charge in [-0.25, -0.2) is 9.59 Å². The number of unbranched alkanes of at least 4 members (excludes halogenated alkanes) is 26. The summed E-state index contributed by atoms with van der Waals surface area (Å²) in [6.07, 6.45) is 35.2. The van der Waals surface area contributed by atoms with Crippen molar-refractivity contribution < 1.29 is 173 Å². The van der Waals surface area contributed by atoms with Crippen molar-refractivity contribution in [3.05, 3.63) is 35.4 Å². The summed E-state index contributed by atoms with van der Waals surface area (Å²) in [6.45, 7) is 5.68. The second-order valence-corrected chi connectivity index (χ2v) is 36.9. The number of ether oxygens (including phenoxy) is 16. The first-order valence-corrected chi connectivity index (χ1v) is 54.9. The normalized spacial score (nSPS) is 11.7. The molecule has 0 fully saturated rings. The van der Waals surface area contributed by atoms with Gasteiger partial charge in [0.05, 0.1) is 132 Å². The van der Waals surface area contributed by atoms with Gasteiger partial charge >= 0.3 is 23.9 Å². The lowest BCUT2D eigenvalue weighted by molar-refractivity contribution is -0.142. The summed E-state index contributed by atoms with van der Waals surface area (Å²) in [7, 11) is 0. The summed E-state index contributed by atoms with van der Waals surface area (Å²) in [4.78, 5) is 192. The third-order valence-electron chi connectivity index (χ3n) is 23.4. The molecular weight excluding hydrogens is 1960 g/mol. The maximum atomic E-state index is 12.5. The number of carboxylic acid groups (broad SMARTS) is 4. The number of hydrogen-bond donors (Lipinski definition) is 10. The van der Waals surface area contributed by atoms with E-state index in [0.29, 0.717) is 84.0 Å². The molecule has 862 valence electrons. The monoisotopic (exact) mass is 2140 g/mol. The van der Waals surface area contributed by atoms with Gasteiger partial charge in [-0.05, 0) is 88.2 Å². The second kappa shape index (κ2) is 105. The Balaban J connectivity index is 1.86. The van der Waals surface area contributed by atoms with Crippen molar-refractivity contribution in [2.75, 3.05) is 238 Å². The molecule has 1 aromatic rings. The Morgan fingerprint density at radius 1 is 0.187 bits per heavy atom. The van der Waals surface area contributed by atoms with Crippen molar-refractivity contribution in [2.45, 2.75) is 320 Å². The van der Waals surface area contributed by atoms with Crippen LogP contribution in [-0.2, 0) is 165 Å². The first-order valence-electron chi connectivity index (χ1n) is 54.9. The molecular formula is C108H184N6O36. The van der Waals surface area contributed by atoms with Gasteiger partial charge in [-0.3, -0.25) is 67.1 Å². The number of aliphatic carboxylic acids is 4. The molecule has 1 rings (SSSR count). The standard InChI is InChI=1S/C108H184N6O36/c115-91(49-50-97(107(131)132)113-100(122)37-25-21-17-13-9-5-1-3-7-11-15-19-23-27-39-105(127)128)33-29-57-135-66-78-148-86-102(124)110-54-62-140-71-76-145-83-94(118)36-32-60-138-68-80-150-88-104(126)112-56-64-142-72-77-147-85-96(120)48-46-90-43-41-89(42-44-90)45-47-95(119)84-146-73-65-136-58-30-34-92(116)82-144-75-70-141-63-55-111-103(125)87-149-79-67-137-59-31-35-93(117)81-143-74-69-139-61-53-109-99(121)52-51-98(108(133)134)114-101(123)38-26-22-18-14-10-6-2-4-8-12-16-20-24-28-40-106(129)130/h41-44,97-98H,1-40,45-88H2,(H,109,121)(H,110,124)(H,111,125)(H,112,126)(H,113,122)(H,114,123)(H,127,128)(H,129,130)(H,131,132)(H,133,134)/t97-,98-/m0/s1. The van der Waals surface area contributed by atoms with E-state index in [9.17, 15) is 86.9 Å². The zero-order valence-electron chi connectivity index (χ0n) is 89.7. The second-order valence-electron chi connectivity index (χ2n) is 36.9. The van der Waals surface area contributed by atoms with Gasteiger partial charge in [-0.2, -0.15) is 0 Å². The predicted octanol–water partition coefficient (Wildman–Crippen LogP) is 10.2. The lowest BCUT2D eigenvalue weighted by Crippen LogP contribution is -2.41. The molecule has 0 bridgehead atoms. The zero-order valence-corrected chi connectivity index (χ0v) is 89.7. The number of Topliss-reactive ketones (excluding diaryl/α,β-unsaturated/α-hetero) is 6. The minimum absolute atomic E-state index is 0.0126. The van der Waals surface area contributed by atoms with Gasteiger partial charge in [0.15, 0.2) is 28.9 Å². The summed E-state index contributed by atoms with van der Waals surface area (Å²) >= 11 is 0. The van der Waals surface area contributed by atoms with Crippen LogP contribution >= 0.6 is 0 Å². The number of ketones is 6. The molecule has 0 aliphatic heterocycles. The number of nitrogens with one attached hydrogen (secondary N) is 6. The van der Waals surface area contributed by atoms with Crippen LogP contribution in [-0.4, -0.2) is 364 Å². The van der Waals surface area contributed by atoms with Crippen LogP contribution in [0.3, 0.4) is 0 Å². The molecule has 0 saturated carbocycles. The molecule has 0 aromatic heterocycles. The summed E-state index contributed by atoms with van der Waals surface area (Å²) in [5.74, 6) is -6.35. The lowest BCUT2D eigenvalue weighted by atomic mass is 10.0. The average Bonchev–Trinajstić information content (AvgIpc) is 0.944. The number of amides is 6. The Hall–Kier alpha value is -8.70. The minimum Gasteiger partial charge on any atom is -0.481 e. The first-order chi connectivity index (χ1) is 72.9. The molecule has 1 aromatic carbocycles. The van der Waals surface area contributed by atoms with E-state index in [2.05, 4.69) is 31.9 Å². The number of hydrogen-bond acceptors (Lipinski definition) is 32. The van der Waals surface area contributed by atoms with Crippen LogP contribution in [0.4, 0.5) is 0 Å². The smallest absolute Gasteiger partial charge is 0.326 e.